The summed E-state index contributed by atoms with van der Waals surface area (Å²) in [5.41, 5.74) is 7.51. The van der Waals surface area contributed by atoms with E-state index >= 15 is 0 Å². The van der Waals surface area contributed by atoms with E-state index in [0.717, 1.165) is 18.1 Å². The van der Waals surface area contributed by atoms with Crippen LogP contribution in [0.15, 0.2) is 24.3 Å². The van der Waals surface area contributed by atoms with Crippen molar-refractivity contribution in [1.29, 1.82) is 0 Å². The normalized spacial score (nSPS) is 20.6. The second-order valence-corrected chi connectivity index (χ2v) is 6.40. The molecule has 112 valence electrons. The fraction of sp³-hybridized carbons (Fsp3) is 0.647. The van der Waals surface area contributed by atoms with Gasteiger partial charge in [0.1, 0.15) is 5.75 Å². The third kappa shape index (κ3) is 3.53. The lowest BCUT2D eigenvalue weighted by molar-refractivity contribution is 0.0708. The Kier molecular flexibility index (Phi) is 5.06. The van der Waals surface area contributed by atoms with Gasteiger partial charge >= 0.3 is 0 Å². The number of nitrogens with two attached hydrogens (primary N) is 1. The Morgan fingerprint density at radius 3 is 2.35 bits per heavy atom. The van der Waals surface area contributed by atoms with Crippen LogP contribution in [-0.4, -0.2) is 37.2 Å². The van der Waals surface area contributed by atoms with Crippen LogP contribution in [0.5, 0.6) is 5.75 Å². The number of hydrogen-bond donors (Lipinski definition) is 1. The molecule has 1 heterocycles. The molecule has 0 aliphatic carbocycles. The van der Waals surface area contributed by atoms with Crippen LogP contribution in [-0.2, 0) is 6.42 Å². The first-order valence-corrected chi connectivity index (χ1v) is 7.65. The summed E-state index contributed by atoms with van der Waals surface area (Å²) in [5, 5.41) is 0. The molecule has 0 radical (unpaired) electrons. The third-order valence-electron chi connectivity index (χ3n) is 4.73. The van der Waals surface area contributed by atoms with Crippen LogP contribution < -0.4 is 10.5 Å². The van der Waals surface area contributed by atoms with Gasteiger partial charge in [-0.15, -0.1) is 0 Å². The molecule has 0 amide bonds. The Labute approximate surface area is 123 Å². The highest BCUT2D eigenvalue weighted by Gasteiger charge is 2.32. The van der Waals surface area contributed by atoms with E-state index in [0.29, 0.717) is 6.54 Å². The van der Waals surface area contributed by atoms with Gasteiger partial charge in [0.25, 0.3) is 0 Å². The summed E-state index contributed by atoms with van der Waals surface area (Å²) in [6.45, 7) is 7.69. The van der Waals surface area contributed by atoms with E-state index < -0.39 is 0 Å². The first kappa shape index (κ1) is 15.3. The standard InChI is InChI=1S/C17H28N2O/c1-14-8-10-19(11-9-14)17(2,13-18)12-15-4-6-16(20-3)7-5-15/h4-7,14H,8-13,18H2,1-3H3. The molecule has 1 fully saturated rings. The van der Waals surface area contributed by atoms with Crippen LogP contribution in [0.4, 0.5) is 0 Å². The average molecular weight is 276 g/mol. The summed E-state index contributed by atoms with van der Waals surface area (Å²) in [6.07, 6.45) is 3.58. The van der Waals surface area contributed by atoms with E-state index in [9.17, 15) is 0 Å². The van der Waals surface area contributed by atoms with Crippen LogP contribution >= 0.6 is 0 Å². The maximum atomic E-state index is 6.11. The zero-order valence-electron chi connectivity index (χ0n) is 13.1. The Bertz CT molecular complexity index is 410. The third-order valence-corrected chi connectivity index (χ3v) is 4.73. The Balaban J connectivity index is 2.05. The van der Waals surface area contributed by atoms with Crippen molar-refractivity contribution in [3.63, 3.8) is 0 Å². The number of hydrogen-bond acceptors (Lipinski definition) is 3. The number of nitrogens with zero attached hydrogens (tertiary/aromatic N) is 1. The molecule has 1 aliphatic rings. The minimum Gasteiger partial charge on any atom is -0.497 e. The molecule has 1 aromatic carbocycles. The first-order valence-electron chi connectivity index (χ1n) is 7.65. The van der Waals surface area contributed by atoms with Crippen molar-refractivity contribution in [2.75, 3.05) is 26.7 Å². The first-order chi connectivity index (χ1) is 9.57. The van der Waals surface area contributed by atoms with Gasteiger partial charge in [-0.2, -0.15) is 0 Å². The number of ether oxygens (including phenoxy) is 1. The summed E-state index contributed by atoms with van der Waals surface area (Å²) >= 11 is 0. The molecule has 0 aromatic heterocycles. The Hall–Kier alpha value is -1.06. The molecule has 2 N–H and O–H groups in total. The van der Waals surface area contributed by atoms with E-state index in [4.69, 9.17) is 10.5 Å². The van der Waals surface area contributed by atoms with Gasteiger partial charge in [-0.05, 0) is 62.9 Å². The molecule has 20 heavy (non-hydrogen) atoms. The number of likely N-dealkylation sites (tertiary alicyclic amines) is 1. The molecule has 0 spiro atoms. The molecule has 1 aliphatic heterocycles. The van der Waals surface area contributed by atoms with Crippen LogP contribution in [0, 0.1) is 5.92 Å². The van der Waals surface area contributed by atoms with Crippen molar-refractivity contribution in [3.05, 3.63) is 29.8 Å². The van der Waals surface area contributed by atoms with Gasteiger partial charge in [-0.1, -0.05) is 19.1 Å². The molecule has 0 bridgehead atoms. The molecule has 0 saturated carbocycles. The van der Waals surface area contributed by atoms with E-state index in [1.54, 1.807) is 7.11 Å². The molecular formula is C17H28N2O. The summed E-state index contributed by atoms with van der Waals surface area (Å²) in [6, 6.07) is 8.37. The summed E-state index contributed by atoms with van der Waals surface area (Å²) in [4.78, 5) is 2.58. The van der Waals surface area contributed by atoms with Crippen molar-refractivity contribution in [2.24, 2.45) is 11.7 Å². The van der Waals surface area contributed by atoms with Gasteiger partial charge in [0, 0.05) is 12.1 Å². The fourth-order valence-electron chi connectivity index (χ4n) is 3.04. The number of rotatable bonds is 5. The zero-order valence-corrected chi connectivity index (χ0v) is 13.1. The van der Waals surface area contributed by atoms with Crippen LogP contribution in [0.1, 0.15) is 32.3 Å². The molecule has 2 rings (SSSR count). The molecule has 3 nitrogen and oxygen atoms in total. The van der Waals surface area contributed by atoms with Gasteiger partial charge in [0.2, 0.25) is 0 Å². The highest BCUT2D eigenvalue weighted by atomic mass is 16.5. The fourth-order valence-corrected chi connectivity index (χ4v) is 3.04. The van der Waals surface area contributed by atoms with E-state index in [2.05, 4.69) is 30.9 Å². The molecular weight excluding hydrogens is 248 g/mol. The van der Waals surface area contributed by atoms with E-state index in [1.165, 1.54) is 31.5 Å². The lowest BCUT2D eigenvalue weighted by atomic mass is 9.87. The van der Waals surface area contributed by atoms with Gasteiger partial charge < -0.3 is 10.5 Å². The highest BCUT2D eigenvalue weighted by molar-refractivity contribution is 5.28. The second kappa shape index (κ2) is 6.59. The van der Waals surface area contributed by atoms with Crippen LogP contribution in [0.2, 0.25) is 0 Å². The van der Waals surface area contributed by atoms with Crippen LogP contribution in [0.25, 0.3) is 0 Å². The monoisotopic (exact) mass is 276 g/mol. The van der Waals surface area contributed by atoms with Gasteiger partial charge in [-0.3, -0.25) is 4.90 Å². The van der Waals surface area contributed by atoms with Gasteiger partial charge in [0.05, 0.1) is 7.11 Å². The number of piperidine rings is 1. The lowest BCUT2D eigenvalue weighted by Crippen LogP contribution is -2.55. The van der Waals surface area contributed by atoms with Crippen molar-refractivity contribution >= 4 is 0 Å². The van der Waals surface area contributed by atoms with Crippen LogP contribution in [0.3, 0.4) is 0 Å². The second-order valence-electron chi connectivity index (χ2n) is 6.40. The lowest BCUT2D eigenvalue weighted by Gasteiger charge is -2.44. The summed E-state index contributed by atoms with van der Waals surface area (Å²) in [5.74, 6) is 1.77. The quantitative estimate of drug-likeness (QED) is 0.898. The van der Waals surface area contributed by atoms with Gasteiger partial charge in [0.15, 0.2) is 0 Å². The smallest absolute Gasteiger partial charge is 0.118 e. The highest BCUT2D eigenvalue weighted by Crippen LogP contribution is 2.27. The van der Waals surface area contributed by atoms with Crippen molar-refractivity contribution in [2.45, 2.75) is 38.6 Å². The predicted molar refractivity (Wildman–Crippen MR) is 84.1 cm³/mol. The topological polar surface area (TPSA) is 38.5 Å². The Morgan fingerprint density at radius 2 is 1.85 bits per heavy atom. The van der Waals surface area contributed by atoms with Crippen molar-refractivity contribution < 1.29 is 4.74 Å². The zero-order chi connectivity index (χ0) is 14.6. The Morgan fingerprint density at radius 1 is 1.25 bits per heavy atom. The van der Waals surface area contributed by atoms with Crippen molar-refractivity contribution in [1.82, 2.24) is 4.90 Å². The SMILES string of the molecule is COc1ccc(CC(C)(CN)N2CCC(C)CC2)cc1. The maximum absolute atomic E-state index is 6.11. The van der Waals surface area contributed by atoms with Gasteiger partial charge in [-0.25, -0.2) is 0 Å². The molecule has 1 unspecified atom stereocenters. The van der Waals surface area contributed by atoms with Crippen molar-refractivity contribution in [3.8, 4) is 5.75 Å². The molecule has 1 atom stereocenters. The van der Waals surface area contributed by atoms with E-state index in [-0.39, 0.29) is 5.54 Å². The summed E-state index contributed by atoms with van der Waals surface area (Å²) < 4.78 is 5.22. The molecule has 3 heteroatoms. The minimum absolute atomic E-state index is 0.0642. The summed E-state index contributed by atoms with van der Waals surface area (Å²) in [7, 11) is 1.70. The molecule has 1 saturated heterocycles. The van der Waals surface area contributed by atoms with E-state index in [1.807, 2.05) is 12.1 Å². The minimum atomic E-state index is 0.0642. The molecule has 1 aromatic rings. The maximum Gasteiger partial charge on any atom is 0.118 e. The predicted octanol–water partition coefficient (Wildman–Crippen LogP) is 2.69. The number of methoxy groups -OCH3 is 1. The average Bonchev–Trinajstić information content (AvgIpc) is 2.48. The number of benzene rings is 1. The largest absolute Gasteiger partial charge is 0.497 e.